The molecule has 2 N–H and O–H groups in total. The maximum Gasteiger partial charge on any atom is 0.322 e. The Morgan fingerprint density at radius 2 is 2.00 bits per heavy atom. The Kier molecular flexibility index (Phi) is 6.88. The van der Waals surface area contributed by atoms with Crippen LogP contribution in [0, 0.1) is 0 Å². The molecule has 7 nitrogen and oxygen atoms in total. The fourth-order valence-corrected chi connectivity index (χ4v) is 1.58. The van der Waals surface area contributed by atoms with Crippen molar-refractivity contribution in [3.8, 4) is 6.01 Å². The van der Waals surface area contributed by atoms with Crippen LogP contribution in [0.15, 0.2) is 0 Å². The monoisotopic (exact) mass is 269 g/mol. The van der Waals surface area contributed by atoms with Gasteiger partial charge in [0.05, 0.1) is 7.11 Å². The number of nitrogens with one attached hydrogen (secondary N) is 1. The van der Waals surface area contributed by atoms with Crippen molar-refractivity contribution >= 4 is 11.9 Å². The van der Waals surface area contributed by atoms with Gasteiger partial charge in [-0.2, -0.15) is 15.0 Å². The van der Waals surface area contributed by atoms with Crippen molar-refractivity contribution in [1.29, 1.82) is 0 Å². The molecule has 0 radical (unpaired) electrons. The van der Waals surface area contributed by atoms with Gasteiger partial charge in [0.15, 0.2) is 0 Å². The lowest BCUT2D eigenvalue weighted by molar-refractivity contribution is 0.283. The Morgan fingerprint density at radius 1 is 1.21 bits per heavy atom. The van der Waals surface area contributed by atoms with Gasteiger partial charge in [0.1, 0.15) is 0 Å². The highest BCUT2D eigenvalue weighted by Crippen LogP contribution is 2.14. The van der Waals surface area contributed by atoms with Crippen LogP contribution < -0.4 is 15.0 Å². The molecule has 0 saturated heterocycles. The first-order valence-corrected chi connectivity index (χ1v) is 6.57. The molecule has 0 aromatic carbocycles. The second-order valence-corrected chi connectivity index (χ2v) is 4.18. The van der Waals surface area contributed by atoms with E-state index in [2.05, 4.69) is 20.3 Å². The topological polar surface area (TPSA) is 83.4 Å². The number of ether oxygens (including phenoxy) is 1. The summed E-state index contributed by atoms with van der Waals surface area (Å²) in [5.41, 5.74) is 0. The van der Waals surface area contributed by atoms with Gasteiger partial charge in [-0.1, -0.05) is 0 Å². The van der Waals surface area contributed by atoms with E-state index in [1.807, 2.05) is 18.9 Å². The van der Waals surface area contributed by atoms with Crippen molar-refractivity contribution < 1.29 is 9.84 Å². The number of aliphatic hydroxyl groups excluding tert-OH is 1. The average Bonchev–Trinajstić information content (AvgIpc) is 2.43. The highest BCUT2D eigenvalue weighted by molar-refractivity contribution is 5.37. The largest absolute Gasteiger partial charge is 0.467 e. The van der Waals surface area contributed by atoms with E-state index in [1.165, 1.54) is 7.11 Å². The molecule has 0 bridgehead atoms. The van der Waals surface area contributed by atoms with E-state index in [0.29, 0.717) is 17.9 Å². The van der Waals surface area contributed by atoms with Crippen LogP contribution >= 0.6 is 0 Å². The molecule has 0 unspecified atom stereocenters. The first-order chi connectivity index (χ1) is 9.21. The Labute approximate surface area is 114 Å². The number of hydrogen-bond acceptors (Lipinski definition) is 7. The van der Waals surface area contributed by atoms with E-state index in [9.17, 15) is 0 Å². The van der Waals surface area contributed by atoms with Crippen molar-refractivity contribution in [3.63, 3.8) is 0 Å². The molecule has 0 fully saturated rings. The Balaban J connectivity index is 2.66. The van der Waals surface area contributed by atoms with Crippen molar-refractivity contribution in [2.75, 3.05) is 44.1 Å². The predicted octanol–water partition coefficient (Wildman–Crippen LogP) is 0.911. The quantitative estimate of drug-likeness (QED) is 0.645. The normalized spacial score (nSPS) is 10.3. The fraction of sp³-hybridized carbons (Fsp3) is 0.750. The number of nitrogens with zero attached hydrogens (tertiary/aromatic N) is 4. The standard InChI is InChI=1S/C12H23N5O2/c1-4-13-10-14-11(16-12(15-10)19-3)17(2)8-6-5-7-9-18/h18H,4-9H2,1-3H3,(H,13,14,15,16). The SMILES string of the molecule is CCNc1nc(OC)nc(N(C)CCCCCO)n1. The van der Waals surface area contributed by atoms with E-state index in [-0.39, 0.29) is 6.61 Å². The molecule has 0 aliphatic heterocycles. The van der Waals surface area contributed by atoms with Gasteiger partial charge in [-0.15, -0.1) is 0 Å². The van der Waals surface area contributed by atoms with E-state index < -0.39 is 0 Å². The second-order valence-electron chi connectivity index (χ2n) is 4.18. The lowest BCUT2D eigenvalue weighted by Gasteiger charge is -2.17. The summed E-state index contributed by atoms with van der Waals surface area (Å²) in [4.78, 5) is 14.6. The zero-order valence-corrected chi connectivity index (χ0v) is 11.9. The smallest absolute Gasteiger partial charge is 0.322 e. The zero-order chi connectivity index (χ0) is 14.1. The highest BCUT2D eigenvalue weighted by atomic mass is 16.5. The number of methoxy groups -OCH3 is 1. The van der Waals surface area contributed by atoms with E-state index in [0.717, 1.165) is 32.4 Å². The lowest BCUT2D eigenvalue weighted by Crippen LogP contribution is -2.22. The number of anilines is 2. The van der Waals surface area contributed by atoms with Crippen molar-refractivity contribution in [2.24, 2.45) is 0 Å². The van der Waals surface area contributed by atoms with Gasteiger partial charge < -0.3 is 20.1 Å². The molecule has 108 valence electrons. The molecular formula is C12H23N5O2. The summed E-state index contributed by atoms with van der Waals surface area (Å²) < 4.78 is 5.07. The maximum absolute atomic E-state index is 8.74. The molecule has 7 heteroatoms. The van der Waals surface area contributed by atoms with E-state index >= 15 is 0 Å². The van der Waals surface area contributed by atoms with Crippen LogP contribution in [0.5, 0.6) is 6.01 Å². The highest BCUT2D eigenvalue weighted by Gasteiger charge is 2.10. The molecular weight excluding hydrogens is 246 g/mol. The first-order valence-electron chi connectivity index (χ1n) is 6.57. The molecule has 1 aromatic rings. The van der Waals surface area contributed by atoms with Crippen LogP contribution in [0.3, 0.4) is 0 Å². The summed E-state index contributed by atoms with van der Waals surface area (Å²) in [5.74, 6) is 1.11. The molecule has 1 aromatic heterocycles. The van der Waals surface area contributed by atoms with Crippen LogP contribution in [0.1, 0.15) is 26.2 Å². The summed E-state index contributed by atoms with van der Waals surface area (Å²) >= 11 is 0. The van der Waals surface area contributed by atoms with Crippen LogP contribution in [0.4, 0.5) is 11.9 Å². The fourth-order valence-electron chi connectivity index (χ4n) is 1.58. The summed E-state index contributed by atoms with van der Waals surface area (Å²) in [7, 11) is 3.47. The summed E-state index contributed by atoms with van der Waals surface area (Å²) in [6.45, 7) is 3.80. The molecule has 0 spiro atoms. The molecule has 19 heavy (non-hydrogen) atoms. The van der Waals surface area contributed by atoms with Gasteiger partial charge in [0.2, 0.25) is 11.9 Å². The molecule has 0 saturated carbocycles. The Hall–Kier alpha value is -1.63. The van der Waals surface area contributed by atoms with Gasteiger partial charge >= 0.3 is 6.01 Å². The Morgan fingerprint density at radius 3 is 2.63 bits per heavy atom. The minimum Gasteiger partial charge on any atom is -0.467 e. The molecule has 1 heterocycles. The second kappa shape index (κ2) is 8.47. The summed E-state index contributed by atoms with van der Waals surface area (Å²) in [6, 6.07) is 0.308. The van der Waals surface area contributed by atoms with Crippen LogP contribution in [-0.4, -0.2) is 53.9 Å². The lowest BCUT2D eigenvalue weighted by atomic mass is 10.2. The number of aliphatic hydroxyl groups is 1. The van der Waals surface area contributed by atoms with Crippen molar-refractivity contribution in [1.82, 2.24) is 15.0 Å². The van der Waals surface area contributed by atoms with Crippen molar-refractivity contribution in [3.05, 3.63) is 0 Å². The third kappa shape index (κ3) is 5.25. The third-order valence-electron chi connectivity index (χ3n) is 2.61. The zero-order valence-electron chi connectivity index (χ0n) is 11.9. The summed E-state index contributed by atoms with van der Waals surface area (Å²) in [6.07, 6.45) is 2.81. The van der Waals surface area contributed by atoms with E-state index in [4.69, 9.17) is 9.84 Å². The van der Waals surface area contributed by atoms with Gasteiger partial charge in [-0.25, -0.2) is 0 Å². The van der Waals surface area contributed by atoms with Crippen molar-refractivity contribution in [2.45, 2.75) is 26.2 Å². The van der Waals surface area contributed by atoms with Gasteiger partial charge in [-0.3, -0.25) is 0 Å². The molecule has 0 aliphatic rings. The van der Waals surface area contributed by atoms with Gasteiger partial charge in [-0.05, 0) is 26.2 Å². The Bertz CT molecular complexity index is 375. The predicted molar refractivity (Wildman–Crippen MR) is 74.7 cm³/mol. The number of aromatic nitrogens is 3. The van der Waals surface area contributed by atoms with Gasteiger partial charge in [0.25, 0.3) is 0 Å². The minimum atomic E-state index is 0.244. The van der Waals surface area contributed by atoms with Gasteiger partial charge in [0, 0.05) is 26.7 Å². The van der Waals surface area contributed by atoms with Crippen LogP contribution in [-0.2, 0) is 0 Å². The molecule has 0 atom stereocenters. The third-order valence-corrected chi connectivity index (χ3v) is 2.61. The minimum absolute atomic E-state index is 0.244. The van der Waals surface area contributed by atoms with Crippen LogP contribution in [0.25, 0.3) is 0 Å². The molecule has 0 aliphatic carbocycles. The first kappa shape index (κ1) is 15.4. The average molecular weight is 269 g/mol. The van der Waals surface area contributed by atoms with Crippen LogP contribution in [0.2, 0.25) is 0 Å². The summed E-state index contributed by atoms with van der Waals surface area (Å²) in [5, 5.41) is 11.8. The van der Waals surface area contributed by atoms with E-state index in [1.54, 1.807) is 0 Å². The molecule has 0 amide bonds. The molecule has 1 rings (SSSR count). The number of unbranched alkanes of at least 4 members (excludes halogenated alkanes) is 2. The maximum atomic E-state index is 8.74. The number of rotatable bonds is 9. The number of hydrogen-bond donors (Lipinski definition) is 2.